The monoisotopic (exact) mass is 226 g/mol. The number of benzene rings is 1. The molecule has 0 fully saturated rings. The molecule has 6 heteroatoms. The highest BCUT2D eigenvalue weighted by atomic mass is 32.1. The predicted octanol–water partition coefficient (Wildman–Crippen LogP) is 0.575. The third-order valence-corrected chi connectivity index (χ3v) is 3.56. The van der Waals surface area contributed by atoms with Gasteiger partial charge in [0.05, 0.1) is 0 Å². The number of rotatable bonds is 1. The Kier molecular flexibility index (Phi) is 2.44. The largest absolute Gasteiger partial charge is 0.508 e. The lowest BCUT2D eigenvalue weighted by Crippen LogP contribution is -2.31. The van der Waals surface area contributed by atoms with Crippen molar-refractivity contribution in [1.82, 2.24) is 0 Å². The number of fused-ring (bicyclic) bond motifs is 1. The van der Waals surface area contributed by atoms with Crippen molar-refractivity contribution < 1.29 is 15.2 Å². The molecule has 3 N–H and O–H groups in total. The Labute approximate surface area is 90.2 Å². The van der Waals surface area contributed by atoms with E-state index in [1.54, 1.807) is 0 Å². The van der Waals surface area contributed by atoms with Crippen LogP contribution in [0.5, 0.6) is 5.75 Å². The summed E-state index contributed by atoms with van der Waals surface area (Å²) in [4.78, 5) is 0.421. The second-order valence-corrected chi connectivity index (χ2v) is 4.23. The zero-order chi connectivity index (χ0) is 10.3. The molecule has 1 heterocycles. The highest BCUT2D eigenvalue weighted by molar-refractivity contribution is 7.81. The minimum atomic E-state index is -1.70. The van der Waals surface area contributed by atoms with Crippen molar-refractivity contribution in [1.29, 1.82) is 0 Å². The number of thiophene rings is 1. The van der Waals surface area contributed by atoms with E-state index in [1.807, 2.05) is 11.4 Å². The first-order valence-electron chi connectivity index (χ1n) is 3.89. The number of aromatic hydroxyl groups is 1. The predicted molar refractivity (Wildman–Crippen MR) is 60.6 cm³/mol. The molecule has 14 heavy (non-hydrogen) atoms. The van der Waals surface area contributed by atoms with Crippen LogP contribution in [0.25, 0.3) is 10.1 Å². The fraction of sp³-hybridized carbons (Fsp3) is 0. The van der Waals surface area contributed by atoms with Crippen LogP contribution in [0.4, 0.5) is 0 Å². The van der Waals surface area contributed by atoms with E-state index in [9.17, 15) is 5.11 Å². The number of thiol groups is 1. The first-order chi connectivity index (χ1) is 6.61. The number of hydrogen-bond donors (Lipinski definition) is 4. The number of phenolic OH excluding ortho intramolecular Hbond substituents is 1. The molecule has 0 saturated carbocycles. The van der Waals surface area contributed by atoms with Crippen molar-refractivity contribution in [3.8, 4) is 5.75 Å². The maximum atomic E-state index is 9.51. The molecule has 0 bridgehead atoms. The molecule has 2 aromatic rings. The summed E-state index contributed by atoms with van der Waals surface area (Å²) >= 11 is 5.61. The summed E-state index contributed by atoms with van der Waals surface area (Å²) in [6, 6.07) is 3.34. The molecule has 0 unspecified atom stereocenters. The lowest BCUT2D eigenvalue weighted by atomic mass is 9.79. The second-order valence-electron chi connectivity index (χ2n) is 2.87. The summed E-state index contributed by atoms with van der Waals surface area (Å²) in [5.41, 5.74) is 0.0586. The average Bonchev–Trinajstić information content (AvgIpc) is 2.50. The molecule has 72 valence electrons. The molecule has 2 rings (SSSR count). The molecule has 0 radical (unpaired) electrons. The van der Waals surface area contributed by atoms with E-state index >= 15 is 0 Å². The molecular formula is C8H7BO3S2. The zero-order valence-electron chi connectivity index (χ0n) is 7.01. The molecule has 0 aliphatic rings. The summed E-state index contributed by atoms with van der Waals surface area (Å²) < 4.78 is 0.842. The van der Waals surface area contributed by atoms with Crippen LogP contribution in [0.15, 0.2) is 22.4 Å². The third-order valence-electron chi connectivity index (χ3n) is 1.99. The summed E-state index contributed by atoms with van der Waals surface area (Å²) in [6.07, 6.45) is 0. The molecule has 0 atom stereocenters. The van der Waals surface area contributed by atoms with Gasteiger partial charge in [0.1, 0.15) is 5.75 Å². The molecule has 0 aliphatic heterocycles. The standard InChI is InChI=1S/C8H7BO3S2/c10-5-3-4-1-2-14-8(4)7(13)6(5)9(11)12/h1-3,10-13H. The van der Waals surface area contributed by atoms with Crippen LogP contribution in [0.2, 0.25) is 0 Å². The van der Waals surface area contributed by atoms with Crippen molar-refractivity contribution >= 4 is 46.6 Å². The minimum Gasteiger partial charge on any atom is -0.508 e. The minimum absolute atomic E-state index is 0.0586. The smallest absolute Gasteiger partial charge is 0.493 e. The van der Waals surface area contributed by atoms with E-state index in [1.165, 1.54) is 17.4 Å². The molecular weight excluding hydrogens is 219 g/mol. The Hall–Kier alpha value is -0.685. The molecule has 0 spiro atoms. The topological polar surface area (TPSA) is 60.7 Å². The lowest BCUT2D eigenvalue weighted by Gasteiger charge is -2.07. The van der Waals surface area contributed by atoms with Gasteiger partial charge in [-0.25, -0.2) is 0 Å². The maximum absolute atomic E-state index is 9.51. The second kappa shape index (κ2) is 3.47. The van der Waals surface area contributed by atoms with Gasteiger partial charge in [-0.05, 0) is 22.9 Å². The van der Waals surface area contributed by atoms with E-state index in [4.69, 9.17) is 10.0 Å². The van der Waals surface area contributed by atoms with Gasteiger partial charge in [0.2, 0.25) is 0 Å². The molecule has 3 nitrogen and oxygen atoms in total. The van der Waals surface area contributed by atoms with E-state index < -0.39 is 7.12 Å². The Morgan fingerprint density at radius 2 is 2.07 bits per heavy atom. The Balaban J connectivity index is 2.82. The van der Waals surface area contributed by atoms with Gasteiger partial charge in [-0.1, -0.05) is 0 Å². The van der Waals surface area contributed by atoms with Gasteiger partial charge < -0.3 is 15.2 Å². The Morgan fingerprint density at radius 3 is 2.71 bits per heavy atom. The van der Waals surface area contributed by atoms with Gasteiger partial charge in [-0.2, -0.15) is 0 Å². The molecule has 0 amide bonds. The van der Waals surface area contributed by atoms with Crippen LogP contribution in [-0.2, 0) is 0 Å². The first-order valence-corrected chi connectivity index (χ1v) is 5.22. The highest BCUT2D eigenvalue weighted by Gasteiger charge is 2.21. The fourth-order valence-electron chi connectivity index (χ4n) is 1.35. The summed E-state index contributed by atoms with van der Waals surface area (Å²) in [5, 5.41) is 30.3. The normalized spacial score (nSPS) is 10.8. The van der Waals surface area contributed by atoms with Gasteiger partial charge in [-0.15, -0.1) is 24.0 Å². The summed E-state index contributed by atoms with van der Waals surface area (Å²) in [6.45, 7) is 0. The quantitative estimate of drug-likeness (QED) is 0.425. The third kappa shape index (κ3) is 1.40. The van der Waals surface area contributed by atoms with Gasteiger partial charge in [0.15, 0.2) is 0 Å². The van der Waals surface area contributed by atoms with Crippen LogP contribution >= 0.6 is 24.0 Å². The SMILES string of the molecule is OB(O)c1c(O)cc2ccsc2c1S. The van der Waals surface area contributed by atoms with Crippen molar-refractivity contribution in [2.24, 2.45) is 0 Å². The van der Waals surface area contributed by atoms with E-state index in [-0.39, 0.29) is 11.2 Å². The van der Waals surface area contributed by atoms with Crippen LogP contribution in [0.1, 0.15) is 0 Å². The molecule has 1 aromatic heterocycles. The summed E-state index contributed by atoms with van der Waals surface area (Å²) in [7, 11) is -1.70. The van der Waals surface area contributed by atoms with Gasteiger partial charge in [0.25, 0.3) is 0 Å². The van der Waals surface area contributed by atoms with Crippen LogP contribution in [0, 0.1) is 0 Å². The number of hydrogen-bond acceptors (Lipinski definition) is 5. The van der Waals surface area contributed by atoms with Crippen molar-refractivity contribution in [2.75, 3.05) is 0 Å². The van der Waals surface area contributed by atoms with E-state index in [0.717, 1.165) is 10.1 Å². The van der Waals surface area contributed by atoms with Gasteiger partial charge >= 0.3 is 7.12 Å². The van der Waals surface area contributed by atoms with E-state index in [2.05, 4.69) is 12.6 Å². The van der Waals surface area contributed by atoms with Crippen LogP contribution < -0.4 is 5.46 Å². The van der Waals surface area contributed by atoms with Crippen molar-refractivity contribution in [3.05, 3.63) is 17.5 Å². The van der Waals surface area contributed by atoms with Crippen molar-refractivity contribution in [3.63, 3.8) is 0 Å². The fourth-order valence-corrected chi connectivity index (χ4v) is 2.70. The van der Waals surface area contributed by atoms with E-state index in [0.29, 0.717) is 4.90 Å². The Morgan fingerprint density at radius 1 is 1.36 bits per heavy atom. The van der Waals surface area contributed by atoms with Crippen molar-refractivity contribution in [2.45, 2.75) is 4.90 Å². The molecule has 0 aliphatic carbocycles. The Bertz CT molecular complexity index is 481. The van der Waals surface area contributed by atoms with Crippen LogP contribution in [0.3, 0.4) is 0 Å². The number of phenols is 1. The maximum Gasteiger partial charge on any atom is 0.493 e. The van der Waals surface area contributed by atoms with Crippen LogP contribution in [-0.4, -0.2) is 22.3 Å². The van der Waals surface area contributed by atoms with Gasteiger partial charge in [0, 0.05) is 15.1 Å². The molecule has 0 saturated heterocycles. The lowest BCUT2D eigenvalue weighted by molar-refractivity contribution is 0.418. The summed E-state index contributed by atoms with van der Waals surface area (Å²) in [5.74, 6) is -0.143. The zero-order valence-corrected chi connectivity index (χ0v) is 8.72. The average molecular weight is 226 g/mol. The molecule has 1 aromatic carbocycles. The highest BCUT2D eigenvalue weighted by Crippen LogP contribution is 2.29. The van der Waals surface area contributed by atoms with Gasteiger partial charge in [-0.3, -0.25) is 0 Å². The first kappa shape index (κ1) is 9.85.